The highest BCUT2D eigenvalue weighted by Gasteiger charge is 2.21. The predicted octanol–water partition coefficient (Wildman–Crippen LogP) is 2.04. The van der Waals surface area contributed by atoms with E-state index in [4.69, 9.17) is 4.74 Å². The van der Waals surface area contributed by atoms with Crippen LogP contribution >= 0.6 is 0 Å². The van der Waals surface area contributed by atoms with Crippen molar-refractivity contribution in [3.63, 3.8) is 0 Å². The Labute approximate surface area is 125 Å². The van der Waals surface area contributed by atoms with Crippen LogP contribution in [0.2, 0.25) is 0 Å². The topological polar surface area (TPSA) is 64.6 Å². The van der Waals surface area contributed by atoms with Crippen LogP contribution in [0.15, 0.2) is 24.3 Å². The summed E-state index contributed by atoms with van der Waals surface area (Å²) in [6.07, 6.45) is 0. The number of esters is 1. The molecule has 0 spiro atoms. The number of benzene rings is 1. The summed E-state index contributed by atoms with van der Waals surface area (Å²) < 4.78 is 10.2. The number of ether oxygens (including phenoxy) is 2. The molecule has 0 fully saturated rings. The Morgan fingerprint density at radius 2 is 1.76 bits per heavy atom. The van der Waals surface area contributed by atoms with Crippen molar-refractivity contribution in [2.24, 2.45) is 0 Å². The Hall–Kier alpha value is -2.04. The van der Waals surface area contributed by atoms with Gasteiger partial charge in [0.05, 0.1) is 7.11 Å². The van der Waals surface area contributed by atoms with Crippen LogP contribution in [0.4, 0.5) is 0 Å². The lowest BCUT2D eigenvalue weighted by Crippen LogP contribution is -2.44. The molecule has 5 nitrogen and oxygen atoms in total. The van der Waals surface area contributed by atoms with E-state index in [0.717, 1.165) is 0 Å². The summed E-state index contributed by atoms with van der Waals surface area (Å²) in [5.41, 5.74) is 1.27. The molecule has 0 heterocycles. The summed E-state index contributed by atoms with van der Waals surface area (Å²) in [4.78, 5) is 22.6. The van der Waals surface area contributed by atoms with Crippen molar-refractivity contribution >= 4 is 11.9 Å². The van der Waals surface area contributed by atoms with Gasteiger partial charge in [-0.05, 0) is 23.1 Å². The number of hydrogen-bond acceptors (Lipinski definition) is 4. The molecule has 0 aromatic heterocycles. The third-order valence-electron chi connectivity index (χ3n) is 3.00. The molecule has 0 aliphatic rings. The second kappa shape index (κ2) is 7.11. The molecular formula is C16H23NO4. The lowest BCUT2D eigenvalue weighted by Gasteiger charge is -2.20. The maximum atomic E-state index is 11.5. The van der Waals surface area contributed by atoms with Gasteiger partial charge in [-0.25, -0.2) is 4.79 Å². The highest BCUT2D eigenvalue weighted by Crippen LogP contribution is 2.24. The van der Waals surface area contributed by atoms with Gasteiger partial charge in [0.1, 0.15) is 12.4 Å². The molecule has 0 aliphatic carbocycles. The third kappa shape index (κ3) is 5.45. The minimum Gasteiger partial charge on any atom is -0.491 e. The van der Waals surface area contributed by atoms with Crippen molar-refractivity contribution in [2.45, 2.75) is 39.2 Å². The van der Waals surface area contributed by atoms with E-state index in [1.165, 1.54) is 19.6 Å². The van der Waals surface area contributed by atoms with Crippen LogP contribution in [0.1, 0.15) is 33.3 Å². The van der Waals surface area contributed by atoms with Crippen LogP contribution in [0.25, 0.3) is 0 Å². The molecule has 0 radical (unpaired) electrons. The number of amides is 1. The number of rotatable bonds is 5. The van der Waals surface area contributed by atoms with Crippen LogP contribution in [-0.4, -0.2) is 31.6 Å². The Balaban J connectivity index is 2.67. The maximum Gasteiger partial charge on any atom is 0.331 e. The van der Waals surface area contributed by atoms with E-state index in [-0.39, 0.29) is 17.9 Å². The fourth-order valence-corrected chi connectivity index (χ4v) is 1.79. The molecule has 1 aromatic carbocycles. The third-order valence-corrected chi connectivity index (χ3v) is 3.00. The SMILES string of the molecule is COC(=O)C(COc1ccc(C(C)(C)C)cc1)NC(C)=O. The van der Waals surface area contributed by atoms with Crippen molar-refractivity contribution in [1.82, 2.24) is 5.32 Å². The molecule has 1 aromatic rings. The summed E-state index contributed by atoms with van der Waals surface area (Å²) in [7, 11) is 1.27. The standard InChI is InChI=1S/C16H23NO4/c1-11(18)17-14(15(19)20-5)10-21-13-8-6-12(7-9-13)16(2,3)4/h6-9,14H,10H2,1-5H3,(H,17,18). The summed E-state index contributed by atoms with van der Waals surface area (Å²) in [6.45, 7) is 7.77. The largest absolute Gasteiger partial charge is 0.491 e. The lowest BCUT2D eigenvalue weighted by molar-refractivity contribution is -0.145. The average Bonchev–Trinajstić information content (AvgIpc) is 2.41. The van der Waals surface area contributed by atoms with Crippen LogP contribution in [0, 0.1) is 0 Å². The summed E-state index contributed by atoms with van der Waals surface area (Å²) in [5, 5.41) is 2.50. The van der Waals surface area contributed by atoms with E-state index >= 15 is 0 Å². The zero-order chi connectivity index (χ0) is 16.0. The Morgan fingerprint density at radius 3 is 2.19 bits per heavy atom. The average molecular weight is 293 g/mol. The van der Waals surface area contributed by atoms with Crippen molar-refractivity contribution in [3.8, 4) is 5.75 Å². The van der Waals surface area contributed by atoms with E-state index < -0.39 is 12.0 Å². The number of hydrogen-bond donors (Lipinski definition) is 1. The Bertz CT molecular complexity index is 488. The quantitative estimate of drug-likeness (QED) is 0.844. The second-order valence-electron chi connectivity index (χ2n) is 5.86. The molecule has 1 N–H and O–H groups in total. The van der Waals surface area contributed by atoms with Gasteiger partial charge in [-0.1, -0.05) is 32.9 Å². The molecule has 21 heavy (non-hydrogen) atoms. The highest BCUT2D eigenvalue weighted by molar-refractivity contribution is 5.83. The van der Waals surface area contributed by atoms with Gasteiger partial charge in [0.2, 0.25) is 5.91 Å². The molecule has 116 valence electrons. The number of carbonyl (C=O) groups is 2. The zero-order valence-corrected chi connectivity index (χ0v) is 13.2. The van der Waals surface area contributed by atoms with Crippen molar-refractivity contribution in [1.29, 1.82) is 0 Å². The van der Waals surface area contributed by atoms with Crippen molar-refractivity contribution in [3.05, 3.63) is 29.8 Å². The zero-order valence-electron chi connectivity index (χ0n) is 13.2. The van der Waals surface area contributed by atoms with Crippen LogP contribution in [-0.2, 0) is 19.7 Å². The van der Waals surface area contributed by atoms with E-state index in [1.54, 1.807) is 0 Å². The molecule has 0 aliphatic heterocycles. The first-order chi connectivity index (χ1) is 9.74. The smallest absolute Gasteiger partial charge is 0.331 e. The van der Waals surface area contributed by atoms with Crippen LogP contribution in [0.5, 0.6) is 5.75 Å². The number of methoxy groups -OCH3 is 1. The van der Waals surface area contributed by atoms with Gasteiger partial charge < -0.3 is 14.8 Å². The van der Waals surface area contributed by atoms with Gasteiger partial charge >= 0.3 is 5.97 Å². The molecule has 1 atom stereocenters. The molecule has 5 heteroatoms. The van der Waals surface area contributed by atoms with E-state index in [0.29, 0.717) is 5.75 Å². The minimum absolute atomic E-state index is 0.0289. The Kier molecular flexibility index (Phi) is 5.76. The molecular weight excluding hydrogens is 270 g/mol. The highest BCUT2D eigenvalue weighted by atomic mass is 16.5. The molecule has 1 rings (SSSR count). The fourth-order valence-electron chi connectivity index (χ4n) is 1.79. The summed E-state index contributed by atoms with van der Waals surface area (Å²) >= 11 is 0. The lowest BCUT2D eigenvalue weighted by atomic mass is 9.87. The summed E-state index contributed by atoms with van der Waals surface area (Å²) in [6, 6.07) is 6.86. The molecule has 0 saturated heterocycles. The van der Waals surface area contributed by atoms with Crippen LogP contribution in [0.3, 0.4) is 0 Å². The van der Waals surface area contributed by atoms with Crippen LogP contribution < -0.4 is 10.1 Å². The van der Waals surface area contributed by atoms with Gasteiger partial charge in [-0.15, -0.1) is 0 Å². The van der Waals surface area contributed by atoms with Gasteiger partial charge in [0.15, 0.2) is 6.04 Å². The molecule has 0 bridgehead atoms. The van der Waals surface area contributed by atoms with E-state index in [9.17, 15) is 9.59 Å². The van der Waals surface area contributed by atoms with E-state index in [1.807, 2.05) is 24.3 Å². The molecule has 1 unspecified atom stereocenters. The monoisotopic (exact) mass is 293 g/mol. The first-order valence-electron chi connectivity index (χ1n) is 6.82. The van der Waals surface area contributed by atoms with Gasteiger partial charge in [0.25, 0.3) is 0 Å². The van der Waals surface area contributed by atoms with E-state index in [2.05, 4.69) is 30.8 Å². The van der Waals surface area contributed by atoms with Gasteiger partial charge in [-0.3, -0.25) is 4.79 Å². The summed E-state index contributed by atoms with van der Waals surface area (Å²) in [5.74, 6) is -0.198. The minimum atomic E-state index is -0.810. The Morgan fingerprint density at radius 1 is 1.19 bits per heavy atom. The fraction of sp³-hybridized carbons (Fsp3) is 0.500. The first kappa shape index (κ1) is 17.0. The molecule has 1 amide bonds. The van der Waals surface area contributed by atoms with Gasteiger partial charge in [0, 0.05) is 6.92 Å². The predicted molar refractivity (Wildman–Crippen MR) is 80.3 cm³/mol. The van der Waals surface area contributed by atoms with Crippen molar-refractivity contribution in [2.75, 3.05) is 13.7 Å². The second-order valence-corrected chi connectivity index (χ2v) is 5.86. The normalized spacial score (nSPS) is 12.4. The molecule has 0 saturated carbocycles. The first-order valence-corrected chi connectivity index (χ1v) is 6.82. The maximum absolute atomic E-state index is 11.5. The van der Waals surface area contributed by atoms with Crippen molar-refractivity contribution < 1.29 is 19.1 Å². The number of carbonyl (C=O) groups excluding carboxylic acids is 2. The number of nitrogens with one attached hydrogen (secondary N) is 1. The van der Waals surface area contributed by atoms with Gasteiger partial charge in [-0.2, -0.15) is 0 Å².